The molecular formula is C14H19N. The lowest BCUT2D eigenvalue weighted by atomic mass is 9.81. The van der Waals surface area contributed by atoms with Gasteiger partial charge in [-0.2, -0.15) is 0 Å². The van der Waals surface area contributed by atoms with E-state index in [9.17, 15) is 0 Å². The van der Waals surface area contributed by atoms with Crippen LogP contribution in [0.25, 0.3) is 0 Å². The normalized spacial score (nSPS) is 38.5. The Labute approximate surface area is 91.7 Å². The van der Waals surface area contributed by atoms with Gasteiger partial charge in [0.1, 0.15) is 0 Å². The van der Waals surface area contributed by atoms with E-state index in [2.05, 4.69) is 30.3 Å². The number of fused-ring (bicyclic) bond motifs is 2. The van der Waals surface area contributed by atoms with Gasteiger partial charge in [-0.1, -0.05) is 30.3 Å². The second-order valence-electron chi connectivity index (χ2n) is 5.26. The molecule has 4 atom stereocenters. The predicted octanol–water partition coefficient (Wildman–Crippen LogP) is 2.60. The Bertz CT molecular complexity index is 330. The number of nitrogens with two attached hydrogens (primary N) is 1. The summed E-state index contributed by atoms with van der Waals surface area (Å²) in [6, 6.07) is 11.3. The van der Waals surface area contributed by atoms with Crippen molar-refractivity contribution in [3.63, 3.8) is 0 Å². The van der Waals surface area contributed by atoms with Crippen LogP contribution in [0.4, 0.5) is 0 Å². The maximum absolute atomic E-state index is 6.31. The van der Waals surface area contributed by atoms with E-state index in [0.29, 0.717) is 6.04 Å². The first-order valence-corrected chi connectivity index (χ1v) is 6.14. The van der Waals surface area contributed by atoms with Gasteiger partial charge in [0.15, 0.2) is 0 Å². The van der Waals surface area contributed by atoms with Gasteiger partial charge in [0.25, 0.3) is 0 Å². The number of rotatable bonds is 2. The van der Waals surface area contributed by atoms with Gasteiger partial charge in [0.05, 0.1) is 0 Å². The van der Waals surface area contributed by atoms with Gasteiger partial charge < -0.3 is 5.73 Å². The van der Waals surface area contributed by atoms with E-state index < -0.39 is 0 Å². The van der Waals surface area contributed by atoms with Crippen LogP contribution in [0.5, 0.6) is 0 Å². The molecule has 1 aromatic carbocycles. The molecule has 0 radical (unpaired) electrons. The molecule has 1 aromatic rings. The van der Waals surface area contributed by atoms with Crippen LogP contribution in [0.2, 0.25) is 0 Å². The fourth-order valence-electron chi connectivity index (χ4n) is 3.64. The van der Waals surface area contributed by atoms with E-state index in [4.69, 9.17) is 5.73 Å². The summed E-state index contributed by atoms with van der Waals surface area (Å²) < 4.78 is 0. The SMILES string of the molecule is N[C@@H]1[C@H]2CC[C@H](C2)[C@@H]1Cc1ccccc1. The molecule has 2 aliphatic carbocycles. The number of hydrogen-bond donors (Lipinski definition) is 1. The Morgan fingerprint density at radius 1 is 1.07 bits per heavy atom. The van der Waals surface area contributed by atoms with Crippen LogP contribution in [0.3, 0.4) is 0 Å². The molecule has 3 rings (SSSR count). The van der Waals surface area contributed by atoms with E-state index in [1.807, 2.05) is 0 Å². The smallest absolute Gasteiger partial charge is 0.0102 e. The molecule has 2 N–H and O–H groups in total. The molecule has 2 fully saturated rings. The van der Waals surface area contributed by atoms with Crippen molar-refractivity contribution in [3.8, 4) is 0 Å². The monoisotopic (exact) mass is 201 g/mol. The highest BCUT2D eigenvalue weighted by molar-refractivity contribution is 5.17. The molecule has 80 valence electrons. The highest BCUT2D eigenvalue weighted by Crippen LogP contribution is 2.48. The van der Waals surface area contributed by atoms with Crippen LogP contribution in [-0.4, -0.2) is 6.04 Å². The van der Waals surface area contributed by atoms with Crippen molar-refractivity contribution in [3.05, 3.63) is 35.9 Å². The highest BCUT2D eigenvalue weighted by atomic mass is 14.7. The first-order chi connectivity index (χ1) is 7.34. The zero-order valence-corrected chi connectivity index (χ0v) is 9.10. The molecule has 2 saturated carbocycles. The van der Waals surface area contributed by atoms with E-state index in [-0.39, 0.29) is 0 Å². The maximum atomic E-state index is 6.31. The first kappa shape index (κ1) is 9.41. The summed E-state index contributed by atoms with van der Waals surface area (Å²) in [6.07, 6.45) is 5.41. The van der Waals surface area contributed by atoms with Crippen LogP contribution in [0.15, 0.2) is 30.3 Å². The third-order valence-electron chi connectivity index (χ3n) is 4.47. The number of hydrogen-bond acceptors (Lipinski definition) is 1. The molecule has 1 nitrogen and oxygen atoms in total. The summed E-state index contributed by atoms with van der Waals surface area (Å²) in [5.74, 6) is 2.51. The van der Waals surface area contributed by atoms with Gasteiger partial charge >= 0.3 is 0 Å². The average Bonchev–Trinajstić information content (AvgIpc) is 2.84. The van der Waals surface area contributed by atoms with Crippen LogP contribution in [-0.2, 0) is 6.42 Å². The van der Waals surface area contributed by atoms with Crippen molar-refractivity contribution in [2.75, 3.05) is 0 Å². The molecular weight excluding hydrogens is 182 g/mol. The van der Waals surface area contributed by atoms with Crippen molar-refractivity contribution < 1.29 is 0 Å². The highest BCUT2D eigenvalue weighted by Gasteiger charge is 2.45. The molecule has 2 bridgehead atoms. The van der Waals surface area contributed by atoms with Gasteiger partial charge in [0, 0.05) is 6.04 Å². The van der Waals surface area contributed by atoms with Crippen molar-refractivity contribution in [1.29, 1.82) is 0 Å². The van der Waals surface area contributed by atoms with E-state index in [1.54, 1.807) is 0 Å². The molecule has 1 heteroatoms. The lowest BCUT2D eigenvalue weighted by Crippen LogP contribution is -2.36. The van der Waals surface area contributed by atoms with Gasteiger partial charge in [0.2, 0.25) is 0 Å². The molecule has 0 unspecified atom stereocenters. The minimum absolute atomic E-state index is 0.476. The summed E-state index contributed by atoms with van der Waals surface area (Å²) in [5.41, 5.74) is 7.78. The molecule has 0 heterocycles. The Hall–Kier alpha value is -0.820. The third kappa shape index (κ3) is 1.59. The van der Waals surface area contributed by atoms with Crippen molar-refractivity contribution >= 4 is 0 Å². The Morgan fingerprint density at radius 3 is 2.47 bits per heavy atom. The van der Waals surface area contributed by atoms with Crippen molar-refractivity contribution in [1.82, 2.24) is 0 Å². The molecule has 0 amide bonds. The van der Waals surface area contributed by atoms with E-state index in [1.165, 1.54) is 31.2 Å². The zero-order valence-electron chi connectivity index (χ0n) is 9.10. The summed E-state index contributed by atoms with van der Waals surface area (Å²) in [5, 5.41) is 0. The van der Waals surface area contributed by atoms with Gasteiger partial charge in [-0.25, -0.2) is 0 Å². The summed E-state index contributed by atoms with van der Waals surface area (Å²) in [7, 11) is 0. The second kappa shape index (κ2) is 3.64. The third-order valence-corrected chi connectivity index (χ3v) is 4.47. The standard InChI is InChI=1S/C14H19N/c15-14-12-7-6-11(9-12)13(14)8-10-4-2-1-3-5-10/h1-5,11-14H,6-9,15H2/t11-,12+,13+,14-/m1/s1. The Morgan fingerprint density at radius 2 is 1.80 bits per heavy atom. The van der Waals surface area contributed by atoms with Gasteiger partial charge in [-0.3, -0.25) is 0 Å². The minimum atomic E-state index is 0.476. The van der Waals surface area contributed by atoms with Crippen molar-refractivity contribution in [2.45, 2.75) is 31.7 Å². The summed E-state index contributed by atoms with van der Waals surface area (Å²) in [6.45, 7) is 0. The lowest BCUT2D eigenvalue weighted by molar-refractivity contribution is 0.287. The minimum Gasteiger partial charge on any atom is -0.327 e. The quantitative estimate of drug-likeness (QED) is 0.782. The van der Waals surface area contributed by atoms with Gasteiger partial charge in [-0.15, -0.1) is 0 Å². The molecule has 0 aliphatic heterocycles. The zero-order chi connectivity index (χ0) is 10.3. The van der Waals surface area contributed by atoms with E-state index >= 15 is 0 Å². The second-order valence-corrected chi connectivity index (χ2v) is 5.26. The fourth-order valence-corrected chi connectivity index (χ4v) is 3.64. The maximum Gasteiger partial charge on any atom is 0.0102 e. The predicted molar refractivity (Wildman–Crippen MR) is 62.4 cm³/mol. The van der Waals surface area contributed by atoms with Crippen LogP contribution < -0.4 is 5.73 Å². The summed E-state index contributed by atoms with van der Waals surface area (Å²) in [4.78, 5) is 0. The fraction of sp³-hybridized carbons (Fsp3) is 0.571. The van der Waals surface area contributed by atoms with Crippen molar-refractivity contribution in [2.24, 2.45) is 23.5 Å². The molecule has 0 saturated heterocycles. The Balaban J connectivity index is 1.74. The van der Waals surface area contributed by atoms with Gasteiger partial charge in [-0.05, 0) is 49.0 Å². The lowest BCUT2D eigenvalue weighted by Gasteiger charge is -2.28. The Kier molecular flexibility index (Phi) is 2.28. The molecule has 2 aliphatic rings. The molecule has 0 spiro atoms. The molecule has 0 aromatic heterocycles. The average molecular weight is 201 g/mol. The molecule has 15 heavy (non-hydrogen) atoms. The van der Waals surface area contributed by atoms with E-state index in [0.717, 1.165) is 17.8 Å². The first-order valence-electron chi connectivity index (χ1n) is 6.14. The topological polar surface area (TPSA) is 26.0 Å². The van der Waals surface area contributed by atoms with Crippen LogP contribution in [0, 0.1) is 17.8 Å². The van der Waals surface area contributed by atoms with Crippen LogP contribution >= 0.6 is 0 Å². The number of benzene rings is 1. The summed E-state index contributed by atoms with van der Waals surface area (Å²) >= 11 is 0. The van der Waals surface area contributed by atoms with Crippen LogP contribution in [0.1, 0.15) is 24.8 Å². The largest absolute Gasteiger partial charge is 0.327 e.